The highest BCUT2D eigenvalue weighted by Crippen LogP contribution is 2.26. The Labute approximate surface area is 146 Å². The van der Waals surface area contributed by atoms with Crippen molar-refractivity contribution in [3.05, 3.63) is 63.1 Å². The zero-order valence-electron chi connectivity index (χ0n) is 14.0. The van der Waals surface area contributed by atoms with Gasteiger partial charge in [-0.05, 0) is 49.6 Å². The number of carbonyl (C=O) groups is 1. The monoisotopic (exact) mass is 375 g/mol. The highest BCUT2D eigenvalue weighted by atomic mass is 79.9. The lowest BCUT2D eigenvalue weighted by Crippen LogP contribution is -2.30. The molecule has 4 heteroatoms. The van der Waals surface area contributed by atoms with Crippen molar-refractivity contribution in [2.45, 2.75) is 27.3 Å². The number of amides is 1. The van der Waals surface area contributed by atoms with E-state index >= 15 is 0 Å². The first-order chi connectivity index (χ1) is 10.9. The molecule has 0 unspecified atom stereocenters. The highest BCUT2D eigenvalue weighted by molar-refractivity contribution is 9.10. The normalized spacial score (nSPS) is 10.5. The Morgan fingerprint density at radius 3 is 2.22 bits per heavy atom. The third-order valence-electron chi connectivity index (χ3n) is 3.74. The number of likely N-dealkylation sites (N-methyl/N-ethyl adjacent to an activating group) is 1. The number of hydrogen-bond donors (Lipinski definition) is 0. The summed E-state index contributed by atoms with van der Waals surface area (Å²) in [5.41, 5.74) is 4.52. The van der Waals surface area contributed by atoms with Gasteiger partial charge in [0.25, 0.3) is 5.91 Å². The lowest BCUT2D eigenvalue weighted by Gasteiger charge is -2.18. The van der Waals surface area contributed by atoms with Crippen molar-refractivity contribution in [2.24, 2.45) is 0 Å². The SMILES string of the molecule is Cc1ccc(CN(C)C(=O)COc2cc(C)c(Br)c(C)c2)cc1. The summed E-state index contributed by atoms with van der Waals surface area (Å²) in [7, 11) is 1.80. The first-order valence-electron chi connectivity index (χ1n) is 7.56. The van der Waals surface area contributed by atoms with E-state index in [0.717, 1.165) is 26.9 Å². The van der Waals surface area contributed by atoms with Crippen molar-refractivity contribution in [3.8, 4) is 5.75 Å². The van der Waals surface area contributed by atoms with Gasteiger partial charge in [-0.1, -0.05) is 45.8 Å². The van der Waals surface area contributed by atoms with E-state index in [2.05, 4.69) is 35.0 Å². The Balaban J connectivity index is 1.92. The van der Waals surface area contributed by atoms with E-state index in [-0.39, 0.29) is 12.5 Å². The van der Waals surface area contributed by atoms with E-state index in [9.17, 15) is 4.79 Å². The molecule has 1 amide bonds. The van der Waals surface area contributed by atoms with Gasteiger partial charge in [-0.25, -0.2) is 0 Å². The molecular formula is C19H22BrNO2. The van der Waals surface area contributed by atoms with Crippen LogP contribution in [-0.2, 0) is 11.3 Å². The molecule has 0 saturated heterocycles. The lowest BCUT2D eigenvalue weighted by molar-refractivity contribution is -0.132. The van der Waals surface area contributed by atoms with Gasteiger partial charge in [0.1, 0.15) is 5.75 Å². The fourth-order valence-corrected chi connectivity index (χ4v) is 2.53. The molecule has 0 bridgehead atoms. The van der Waals surface area contributed by atoms with Gasteiger partial charge in [0.15, 0.2) is 6.61 Å². The summed E-state index contributed by atoms with van der Waals surface area (Å²) < 4.78 is 6.73. The van der Waals surface area contributed by atoms with Crippen LogP contribution in [0.1, 0.15) is 22.3 Å². The second kappa shape index (κ2) is 7.64. The van der Waals surface area contributed by atoms with Crippen molar-refractivity contribution in [2.75, 3.05) is 13.7 Å². The molecule has 0 aromatic heterocycles. The Morgan fingerprint density at radius 1 is 1.09 bits per heavy atom. The molecular weight excluding hydrogens is 354 g/mol. The zero-order valence-corrected chi connectivity index (χ0v) is 15.6. The molecule has 0 N–H and O–H groups in total. The Morgan fingerprint density at radius 2 is 1.65 bits per heavy atom. The van der Waals surface area contributed by atoms with Crippen molar-refractivity contribution in [1.29, 1.82) is 0 Å². The van der Waals surface area contributed by atoms with Gasteiger partial charge in [-0.15, -0.1) is 0 Å². The highest BCUT2D eigenvalue weighted by Gasteiger charge is 2.11. The van der Waals surface area contributed by atoms with Gasteiger partial charge >= 0.3 is 0 Å². The van der Waals surface area contributed by atoms with Gasteiger partial charge < -0.3 is 9.64 Å². The molecule has 2 aromatic rings. The van der Waals surface area contributed by atoms with Crippen LogP contribution in [0.2, 0.25) is 0 Å². The number of ether oxygens (including phenoxy) is 1. The van der Waals surface area contributed by atoms with E-state index < -0.39 is 0 Å². The minimum atomic E-state index is -0.0381. The molecule has 0 saturated carbocycles. The van der Waals surface area contributed by atoms with Crippen LogP contribution in [0.15, 0.2) is 40.9 Å². The quantitative estimate of drug-likeness (QED) is 0.774. The lowest BCUT2D eigenvalue weighted by atomic mass is 10.1. The van der Waals surface area contributed by atoms with Crippen LogP contribution in [0.25, 0.3) is 0 Å². The van der Waals surface area contributed by atoms with E-state index in [1.54, 1.807) is 11.9 Å². The first kappa shape index (κ1) is 17.5. The second-order valence-corrected chi connectivity index (χ2v) is 6.69. The zero-order chi connectivity index (χ0) is 17.0. The minimum Gasteiger partial charge on any atom is -0.484 e. The van der Waals surface area contributed by atoms with Gasteiger partial charge in [0.2, 0.25) is 0 Å². The predicted molar refractivity (Wildman–Crippen MR) is 96.8 cm³/mol. The average molecular weight is 376 g/mol. The molecule has 2 rings (SSSR count). The summed E-state index contributed by atoms with van der Waals surface area (Å²) in [6, 6.07) is 12.1. The Bertz CT molecular complexity index is 672. The van der Waals surface area contributed by atoms with E-state index in [0.29, 0.717) is 6.54 Å². The predicted octanol–water partition coefficient (Wildman–Crippen LogP) is 4.41. The summed E-state index contributed by atoms with van der Waals surface area (Å²) in [5.74, 6) is 0.684. The van der Waals surface area contributed by atoms with Crippen LogP contribution < -0.4 is 4.74 Å². The number of nitrogens with zero attached hydrogens (tertiary/aromatic N) is 1. The maximum Gasteiger partial charge on any atom is 0.260 e. The smallest absolute Gasteiger partial charge is 0.260 e. The number of hydrogen-bond acceptors (Lipinski definition) is 2. The molecule has 0 aliphatic carbocycles. The molecule has 0 heterocycles. The summed E-state index contributed by atoms with van der Waals surface area (Å²) in [5, 5.41) is 0. The summed E-state index contributed by atoms with van der Waals surface area (Å²) in [6.07, 6.45) is 0. The number of rotatable bonds is 5. The Kier molecular flexibility index (Phi) is 5.83. The van der Waals surface area contributed by atoms with Crippen LogP contribution in [0.4, 0.5) is 0 Å². The molecule has 0 radical (unpaired) electrons. The average Bonchev–Trinajstić information content (AvgIpc) is 2.52. The number of halogens is 1. The van der Waals surface area contributed by atoms with Crippen LogP contribution in [-0.4, -0.2) is 24.5 Å². The van der Waals surface area contributed by atoms with Crippen molar-refractivity contribution in [3.63, 3.8) is 0 Å². The molecule has 3 nitrogen and oxygen atoms in total. The van der Waals surface area contributed by atoms with Crippen molar-refractivity contribution < 1.29 is 9.53 Å². The van der Waals surface area contributed by atoms with Crippen molar-refractivity contribution in [1.82, 2.24) is 4.90 Å². The van der Waals surface area contributed by atoms with E-state index in [1.807, 2.05) is 38.1 Å². The summed E-state index contributed by atoms with van der Waals surface area (Å²) in [6.45, 7) is 6.70. The topological polar surface area (TPSA) is 29.5 Å². The second-order valence-electron chi connectivity index (χ2n) is 5.90. The van der Waals surface area contributed by atoms with Crippen LogP contribution in [0.3, 0.4) is 0 Å². The summed E-state index contributed by atoms with van der Waals surface area (Å²) >= 11 is 3.53. The fourth-order valence-electron chi connectivity index (χ4n) is 2.30. The summed E-state index contributed by atoms with van der Waals surface area (Å²) in [4.78, 5) is 13.9. The molecule has 122 valence electrons. The van der Waals surface area contributed by atoms with Crippen LogP contribution in [0.5, 0.6) is 5.75 Å². The van der Waals surface area contributed by atoms with Crippen molar-refractivity contribution >= 4 is 21.8 Å². The van der Waals surface area contributed by atoms with Crippen LogP contribution >= 0.6 is 15.9 Å². The maximum absolute atomic E-state index is 12.2. The van der Waals surface area contributed by atoms with Gasteiger partial charge in [0, 0.05) is 18.1 Å². The van der Waals surface area contributed by atoms with Crippen LogP contribution in [0, 0.1) is 20.8 Å². The van der Waals surface area contributed by atoms with Gasteiger partial charge in [0.05, 0.1) is 0 Å². The molecule has 0 spiro atoms. The number of carbonyl (C=O) groups excluding carboxylic acids is 1. The molecule has 2 aromatic carbocycles. The molecule has 23 heavy (non-hydrogen) atoms. The van der Waals surface area contributed by atoms with E-state index in [1.165, 1.54) is 5.56 Å². The number of aryl methyl sites for hydroxylation is 3. The largest absolute Gasteiger partial charge is 0.484 e. The van der Waals surface area contributed by atoms with Gasteiger partial charge in [-0.3, -0.25) is 4.79 Å². The third-order valence-corrected chi connectivity index (χ3v) is 4.99. The molecule has 0 aliphatic rings. The van der Waals surface area contributed by atoms with E-state index in [4.69, 9.17) is 4.74 Å². The first-order valence-corrected chi connectivity index (χ1v) is 8.35. The standard InChI is InChI=1S/C19H22BrNO2/c1-13-5-7-16(8-6-13)11-21(4)18(22)12-23-17-9-14(2)19(20)15(3)10-17/h5-10H,11-12H2,1-4H3. The molecule has 0 aliphatic heterocycles. The third kappa shape index (κ3) is 4.83. The van der Waals surface area contributed by atoms with Gasteiger partial charge in [-0.2, -0.15) is 0 Å². The Hall–Kier alpha value is -1.81. The molecule has 0 atom stereocenters. The fraction of sp³-hybridized carbons (Fsp3) is 0.316. The molecule has 0 fully saturated rings. The number of benzene rings is 2. The minimum absolute atomic E-state index is 0.0381. The maximum atomic E-state index is 12.2.